The second kappa shape index (κ2) is 5.10. The standard InChI is InChI=1S/C13H14O4/c14-7-9-4-5-11-10(6-9)2-1-3-12(11)17-13(16)8-15/h1-3,7,9,15H,4-6,8H2. The van der Waals surface area contributed by atoms with Crippen LogP contribution in [0.3, 0.4) is 0 Å². The van der Waals surface area contributed by atoms with Gasteiger partial charge >= 0.3 is 5.97 Å². The lowest BCUT2D eigenvalue weighted by Crippen LogP contribution is -2.18. The van der Waals surface area contributed by atoms with E-state index >= 15 is 0 Å². The fourth-order valence-corrected chi connectivity index (χ4v) is 2.17. The molecular weight excluding hydrogens is 220 g/mol. The van der Waals surface area contributed by atoms with Gasteiger partial charge in [-0.2, -0.15) is 0 Å². The van der Waals surface area contributed by atoms with Crippen molar-refractivity contribution >= 4 is 12.3 Å². The zero-order valence-electron chi connectivity index (χ0n) is 9.39. The Morgan fingerprint density at radius 3 is 3.06 bits per heavy atom. The van der Waals surface area contributed by atoms with E-state index in [9.17, 15) is 9.59 Å². The Kier molecular flexibility index (Phi) is 3.54. The van der Waals surface area contributed by atoms with E-state index < -0.39 is 12.6 Å². The fourth-order valence-electron chi connectivity index (χ4n) is 2.17. The van der Waals surface area contributed by atoms with Crippen molar-refractivity contribution in [3.05, 3.63) is 29.3 Å². The van der Waals surface area contributed by atoms with Crippen molar-refractivity contribution in [2.45, 2.75) is 19.3 Å². The maximum Gasteiger partial charge on any atom is 0.337 e. The SMILES string of the molecule is O=CC1CCc2c(cccc2OC(=O)CO)C1. The van der Waals surface area contributed by atoms with Crippen LogP contribution in [-0.4, -0.2) is 24.0 Å². The Labute approximate surface area is 99.2 Å². The number of carbonyl (C=O) groups is 2. The number of benzene rings is 1. The molecule has 1 unspecified atom stereocenters. The van der Waals surface area contributed by atoms with E-state index in [1.807, 2.05) is 6.07 Å². The third kappa shape index (κ3) is 2.53. The van der Waals surface area contributed by atoms with Gasteiger partial charge < -0.3 is 14.6 Å². The number of ether oxygens (including phenoxy) is 1. The summed E-state index contributed by atoms with van der Waals surface area (Å²) in [6, 6.07) is 5.46. The molecule has 1 aromatic carbocycles. The van der Waals surface area contributed by atoms with Gasteiger partial charge in [-0.1, -0.05) is 12.1 Å². The first kappa shape index (κ1) is 11.8. The zero-order valence-corrected chi connectivity index (χ0v) is 9.39. The highest BCUT2D eigenvalue weighted by atomic mass is 16.5. The summed E-state index contributed by atoms with van der Waals surface area (Å²) in [6.07, 6.45) is 3.19. The van der Waals surface area contributed by atoms with Crippen LogP contribution in [0, 0.1) is 5.92 Å². The minimum absolute atomic E-state index is 0.0614. The summed E-state index contributed by atoms with van der Waals surface area (Å²) in [5.41, 5.74) is 2.03. The van der Waals surface area contributed by atoms with Gasteiger partial charge in [0.1, 0.15) is 18.6 Å². The topological polar surface area (TPSA) is 63.6 Å². The van der Waals surface area contributed by atoms with E-state index in [0.717, 1.165) is 30.3 Å². The Hall–Kier alpha value is -1.68. The van der Waals surface area contributed by atoms with E-state index in [1.54, 1.807) is 12.1 Å². The summed E-state index contributed by atoms with van der Waals surface area (Å²) in [7, 11) is 0. The second-order valence-electron chi connectivity index (χ2n) is 4.16. The molecule has 0 saturated heterocycles. The van der Waals surface area contributed by atoms with Crippen molar-refractivity contribution in [3.8, 4) is 5.75 Å². The summed E-state index contributed by atoms with van der Waals surface area (Å²) in [4.78, 5) is 21.8. The maximum absolute atomic E-state index is 11.1. The largest absolute Gasteiger partial charge is 0.425 e. The van der Waals surface area contributed by atoms with Crippen LogP contribution < -0.4 is 4.74 Å². The van der Waals surface area contributed by atoms with Crippen LogP contribution in [0.2, 0.25) is 0 Å². The predicted molar refractivity (Wildman–Crippen MR) is 60.7 cm³/mol. The first-order valence-corrected chi connectivity index (χ1v) is 5.62. The molecule has 4 heteroatoms. The summed E-state index contributed by atoms with van der Waals surface area (Å²) in [6.45, 7) is -0.624. The lowest BCUT2D eigenvalue weighted by atomic mass is 9.84. The monoisotopic (exact) mass is 234 g/mol. The molecule has 0 heterocycles. The van der Waals surface area contributed by atoms with Gasteiger partial charge in [0.05, 0.1) is 0 Å². The third-order valence-electron chi connectivity index (χ3n) is 3.02. The molecule has 1 N–H and O–H groups in total. The molecule has 1 aliphatic rings. The van der Waals surface area contributed by atoms with Gasteiger partial charge in [-0.05, 0) is 36.5 Å². The number of aliphatic hydroxyl groups is 1. The molecule has 0 amide bonds. The first-order chi connectivity index (χ1) is 8.24. The Morgan fingerprint density at radius 1 is 1.53 bits per heavy atom. The third-order valence-corrected chi connectivity index (χ3v) is 3.02. The predicted octanol–water partition coefficient (Wildman–Crippen LogP) is 0.888. The maximum atomic E-state index is 11.1. The van der Waals surface area contributed by atoms with Gasteiger partial charge in [-0.15, -0.1) is 0 Å². The van der Waals surface area contributed by atoms with Crippen LogP contribution in [0.4, 0.5) is 0 Å². The van der Waals surface area contributed by atoms with Crippen molar-refractivity contribution in [1.29, 1.82) is 0 Å². The number of aliphatic hydroxyl groups excluding tert-OH is 1. The normalized spacial score (nSPS) is 18.3. The number of esters is 1. The minimum atomic E-state index is -0.657. The molecular formula is C13H14O4. The molecule has 0 bridgehead atoms. The Morgan fingerprint density at radius 2 is 2.35 bits per heavy atom. The smallest absolute Gasteiger partial charge is 0.337 e. The van der Waals surface area contributed by atoms with Gasteiger partial charge in [-0.25, -0.2) is 4.79 Å². The minimum Gasteiger partial charge on any atom is -0.425 e. The highest BCUT2D eigenvalue weighted by molar-refractivity contribution is 5.74. The lowest BCUT2D eigenvalue weighted by molar-refractivity contribution is -0.137. The highest BCUT2D eigenvalue weighted by Gasteiger charge is 2.21. The summed E-state index contributed by atoms with van der Waals surface area (Å²) >= 11 is 0. The van der Waals surface area contributed by atoms with Crippen LogP contribution in [0.15, 0.2) is 18.2 Å². The van der Waals surface area contributed by atoms with Gasteiger partial charge in [0.15, 0.2) is 0 Å². The van der Waals surface area contributed by atoms with Crippen molar-refractivity contribution in [2.24, 2.45) is 5.92 Å². The molecule has 4 nitrogen and oxygen atoms in total. The molecule has 2 rings (SSSR count). The van der Waals surface area contributed by atoms with Crippen molar-refractivity contribution in [1.82, 2.24) is 0 Å². The summed E-state index contributed by atoms with van der Waals surface area (Å²) < 4.78 is 5.05. The molecule has 0 saturated carbocycles. The van der Waals surface area contributed by atoms with Gasteiger partial charge in [0.25, 0.3) is 0 Å². The quantitative estimate of drug-likeness (QED) is 0.479. The lowest BCUT2D eigenvalue weighted by Gasteiger charge is -2.22. The van der Waals surface area contributed by atoms with Crippen molar-refractivity contribution in [3.63, 3.8) is 0 Å². The number of aldehydes is 1. The molecule has 0 radical (unpaired) electrons. The number of fused-ring (bicyclic) bond motifs is 1. The average molecular weight is 234 g/mol. The van der Waals surface area contributed by atoms with E-state index in [0.29, 0.717) is 12.2 Å². The zero-order chi connectivity index (χ0) is 12.3. The molecule has 0 fully saturated rings. The van der Waals surface area contributed by atoms with Crippen LogP contribution in [0.25, 0.3) is 0 Å². The van der Waals surface area contributed by atoms with Gasteiger partial charge in [0, 0.05) is 5.92 Å². The molecule has 1 aliphatic carbocycles. The van der Waals surface area contributed by atoms with E-state index in [-0.39, 0.29) is 5.92 Å². The van der Waals surface area contributed by atoms with Crippen molar-refractivity contribution in [2.75, 3.05) is 6.61 Å². The number of hydrogen-bond acceptors (Lipinski definition) is 4. The van der Waals surface area contributed by atoms with Gasteiger partial charge in [0.2, 0.25) is 0 Å². The van der Waals surface area contributed by atoms with Crippen LogP contribution >= 0.6 is 0 Å². The Bertz CT molecular complexity index is 439. The van der Waals surface area contributed by atoms with Crippen LogP contribution in [0.5, 0.6) is 5.75 Å². The Balaban J connectivity index is 2.25. The van der Waals surface area contributed by atoms with E-state index in [4.69, 9.17) is 9.84 Å². The molecule has 0 aliphatic heterocycles. The number of rotatable bonds is 3. The van der Waals surface area contributed by atoms with Crippen LogP contribution in [-0.2, 0) is 22.4 Å². The average Bonchev–Trinajstić information content (AvgIpc) is 2.38. The van der Waals surface area contributed by atoms with Crippen molar-refractivity contribution < 1.29 is 19.4 Å². The number of carbonyl (C=O) groups excluding carboxylic acids is 2. The molecule has 90 valence electrons. The summed E-state index contributed by atoms with van der Waals surface area (Å²) in [5, 5.41) is 8.66. The molecule has 0 aromatic heterocycles. The second-order valence-corrected chi connectivity index (χ2v) is 4.16. The highest BCUT2D eigenvalue weighted by Crippen LogP contribution is 2.31. The molecule has 0 spiro atoms. The first-order valence-electron chi connectivity index (χ1n) is 5.62. The molecule has 1 atom stereocenters. The van der Waals surface area contributed by atoms with Crippen LogP contribution in [0.1, 0.15) is 17.5 Å². The number of hydrogen-bond donors (Lipinski definition) is 1. The summed E-state index contributed by atoms with van der Waals surface area (Å²) in [5.74, 6) is -0.0897. The molecule has 17 heavy (non-hydrogen) atoms. The van der Waals surface area contributed by atoms with E-state index in [2.05, 4.69) is 0 Å². The van der Waals surface area contributed by atoms with Gasteiger partial charge in [-0.3, -0.25) is 0 Å². The fraction of sp³-hybridized carbons (Fsp3) is 0.385. The van der Waals surface area contributed by atoms with E-state index in [1.165, 1.54) is 0 Å². The molecule has 1 aromatic rings.